The van der Waals surface area contributed by atoms with Gasteiger partial charge in [0.05, 0.1) is 5.69 Å². The van der Waals surface area contributed by atoms with Crippen LogP contribution in [0.3, 0.4) is 0 Å². The molecule has 0 saturated carbocycles. The maximum Gasteiger partial charge on any atom is 0.148 e. The minimum atomic E-state index is -0.604. The van der Waals surface area contributed by atoms with Crippen molar-refractivity contribution in [1.82, 2.24) is 0 Å². The Bertz CT molecular complexity index is 692. The van der Waals surface area contributed by atoms with Crippen molar-refractivity contribution in [2.45, 2.75) is 13.1 Å². The summed E-state index contributed by atoms with van der Waals surface area (Å²) in [4.78, 5) is 0. The third kappa shape index (κ3) is 2.39. The van der Waals surface area contributed by atoms with Gasteiger partial charge >= 0.3 is 0 Å². The van der Waals surface area contributed by atoms with E-state index in [4.69, 9.17) is 5.73 Å². The monoisotopic (exact) mass is 280 g/mol. The molecule has 0 radical (unpaired) electrons. The van der Waals surface area contributed by atoms with Gasteiger partial charge in [-0.3, -0.25) is 0 Å². The molecule has 5 nitrogen and oxygen atoms in total. The lowest BCUT2D eigenvalue weighted by Gasteiger charge is -2.19. The van der Waals surface area contributed by atoms with Crippen LogP contribution >= 0.6 is 0 Å². The van der Waals surface area contributed by atoms with Gasteiger partial charge in [-0.15, -0.1) is 0 Å². The van der Waals surface area contributed by atoms with Gasteiger partial charge in [-0.1, -0.05) is 53.2 Å². The average Bonchev–Trinajstić information content (AvgIpc) is 2.86. The van der Waals surface area contributed by atoms with Crippen LogP contribution in [0.15, 0.2) is 64.9 Å². The van der Waals surface area contributed by atoms with Crippen LogP contribution in [0.2, 0.25) is 0 Å². The number of oxime groups is 1. The average molecular weight is 280 g/mol. The van der Waals surface area contributed by atoms with Gasteiger partial charge in [0.15, 0.2) is 0 Å². The van der Waals surface area contributed by atoms with Crippen molar-refractivity contribution in [1.29, 1.82) is 0 Å². The van der Waals surface area contributed by atoms with Crippen LogP contribution in [-0.4, -0.2) is 22.8 Å². The molecule has 106 valence electrons. The largest absolute Gasteiger partial charge is 0.410 e. The summed E-state index contributed by atoms with van der Waals surface area (Å²) in [6.45, 7) is 2.02. The van der Waals surface area contributed by atoms with Crippen LogP contribution in [0.25, 0.3) is 0 Å². The normalized spacial score (nSPS) is 19.9. The maximum atomic E-state index is 9.28. The molecule has 1 aliphatic heterocycles. The van der Waals surface area contributed by atoms with Crippen molar-refractivity contribution in [3.8, 4) is 0 Å². The number of aryl methyl sites for hydroxylation is 1. The van der Waals surface area contributed by atoms with E-state index in [0.29, 0.717) is 11.4 Å². The lowest BCUT2D eigenvalue weighted by Crippen LogP contribution is -2.42. The fourth-order valence-corrected chi connectivity index (χ4v) is 2.30. The number of hydrogen-bond donors (Lipinski definition) is 2. The van der Waals surface area contributed by atoms with E-state index < -0.39 is 6.17 Å². The number of benzene rings is 2. The Hall–Kier alpha value is -2.66. The van der Waals surface area contributed by atoms with Gasteiger partial charge < -0.3 is 10.9 Å². The smallest absolute Gasteiger partial charge is 0.148 e. The van der Waals surface area contributed by atoms with Crippen LogP contribution < -0.4 is 10.7 Å². The molecule has 0 amide bonds. The zero-order valence-electron chi connectivity index (χ0n) is 11.6. The highest BCUT2D eigenvalue weighted by atomic mass is 16.4. The molecular formula is C16H16N4O. The van der Waals surface area contributed by atoms with Crippen molar-refractivity contribution in [3.05, 3.63) is 65.7 Å². The van der Waals surface area contributed by atoms with Gasteiger partial charge in [0.25, 0.3) is 0 Å². The summed E-state index contributed by atoms with van der Waals surface area (Å²) < 4.78 is 0. The molecular weight excluding hydrogens is 264 g/mol. The van der Waals surface area contributed by atoms with Gasteiger partial charge in [-0.05, 0) is 19.1 Å². The predicted molar refractivity (Wildman–Crippen MR) is 83.8 cm³/mol. The van der Waals surface area contributed by atoms with Crippen LogP contribution in [0.1, 0.15) is 11.1 Å². The molecule has 3 rings (SSSR count). The number of anilines is 1. The number of nitrogens with zero attached hydrogens (tertiary/aromatic N) is 3. The molecule has 0 bridgehead atoms. The molecule has 0 aromatic heterocycles. The first kappa shape index (κ1) is 13.3. The van der Waals surface area contributed by atoms with E-state index in [1.165, 1.54) is 0 Å². The number of nitrogens with two attached hydrogens (primary N) is 1. The molecule has 1 aliphatic rings. The van der Waals surface area contributed by atoms with E-state index >= 15 is 0 Å². The van der Waals surface area contributed by atoms with Crippen molar-refractivity contribution in [3.63, 3.8) is 0 Å². The summed E-state index contributed by atoms with van der Waals surface area (Å²) in [6.07, 6.45) is -0.604. The topological polar surface area (TPSA) is 74.2 Å². The highest BCUT2D eigenvalue weighted by molar-refractivity contribution is 6.51. The van der Waals surface area contributed by atoms with Gasteiger partial charge in [0.1, 0.15) is 17.6 Å². The molecule has 0 fully saturated rings. The van der Waals surface area contributed by atoms with Crippen molar-refractivity contribution in [2.75, 3.05) is 5.01 Å². The number of hydrogen-bond acceptors (Lipinski definition) is 5. The third-order valence-electron chi connectivity index (χ3n) is 3.45. The Morgan fingerprint density at radius 1 is 1.10 bits per heavy atom. The molecule has 5 heteroatoms. The first-order chi connectivity index (χ1) is 10.2. The lowest BCUT2D eigenvalue weighted by atomic mass is 10.1. The zero-order valence-corrected chi connectivity index (χ0v) is 11.6. The first-order valence-electron chi connectivity index (χ1n) is 6.68. The molecule has 1 atom stereocenters. The maximum absolute atomic E-state index is 9.28. The second kappa shape index (κ2) is 5.38. The van der Waals surface area contributed by atoms with Gasteiger partial charge in [-0.25, -0.2) is 5.01 Å². The van der Waals surface area contributed by atoms with E-state index in [-0.39, 0.29) is 0 Å². The summed E-state index contributed by atoms with van der Waals surface area (Å²) in [7, 11) is 0. The summed E-state index contributed by atoms with van der Waals surface area (Å²) >= 11 is 0. The minimum Gasteiger partial charge on any atom is -0.410 e. The molecule has 2 aromatic carbocycles. The Morgan fingerprint density at radius 3 is 2.38 bits per heavy atom. The van der Waals surface area contributed by atoms with E-state index in [0.717, 1.165) is 16.8 Å². The summed E-state index contributed by atoms with van der Waals surface area (Å²) in [5, 5.41) is 18.8. The molecule has 0 aliphatic carbocycles. The zero-order chi connectivity index (χ0) is 14.8. The number of hydrazone groups is 1. The van der Waals surface area contributed by atoms with Crippen LogP contribution in [0.5, 0.6) is 0 Å². The van der Waals surface area contributed by atoms with E-state index in [9.17, 15) is 5.21 Å². The molecule has 0 spiro atoms. The second-order valence-corrected chi connectivity index (χ2v) is 4.92. The van der Waals surface area contributed by atoms with Crippen LogP contribution in [0, 0.1) is 6.92 Å². The van der Waals surface area contributed by atoms with Crippen LogP contribution in [0.4, 0.5) is 5.69 Å². The molecule has 0 saturated heterocycles. The summed E-state index contributed by atoms with van der Waals surface area (Å²) in [5.41, 5.74) is 10.00. The van der Waals surface area contributed by atoms with Crippen molar-refractivity contribution in [2.24, 2.45) is 16.0 Å². The van der Waals surface area contributed by atoms with E-state index in [1.807, 2.05) is 61.5 Å². The highest BCUT2D eigenvalue weighted by Crippen LogP contribution is 2.23. The standard InChI is InChI=1S/C16H16N4O/c1-11-7-9-13(10-8-11)20-16(17)15(19-21)14(18-20)12-5-3-2-4-6-12/h2-10,16,21H,17H2,1H3/b19-15-. The third-order valence-corrected chi connectivity index (χ3v) is 3.45. The Labute approximate surface area is 123 Å². The highest BCUT2D eigenvalue weighted by Gasteiger charge is 2.33. The quantitative estimate of drug-likeness (QED) is 0.655. The molecule has 21 heavy (non-hydrogen) atoms. The Kier molecular flexibility index (Phi) is 3.41. The van der Waals surface area contributed by atoms with Crippen molar-refractivity contribution < 1.29 is 5.21 Å². The number of rotatable bonds is 2. The Balaban J connectivity index is 2.03. The second-order valence-electron chi connectivity index (χ2n) is 4.92. The first-order valence-corrected chi connectivity index (χ1v) is 6.68. The lowest BCUT2D eigenvalue weighted by molar-refractivity contribution is 0.318. The Morgan fingerprint density at radius 2 is 1.76 bits per heavy atom. The summed E-state index contributed by atoms with van der Waals surface area (Å²) in [5.74, 6) is 0. The van der Waals surface area contributed by atoms with Gasteiger partial charge in [0.2, 0.25) is 0 Å². The summed E-state index contributed by atoms with van der Waals surface area (Å²) in [6, 6.07) is 17.4. The molecule has 1 unspecified atom stereocenters. The molecule has 1 heterocycles. The van der Waals surface area contributed by atoms with Crippen molar-refractivity contribution >= 4 is 17.1 Å². The van der Waals surface area contributed by atoms with E-state index in [1.54, 1.807) is 5.01 Å². The molecule has 3 N–H and O–H groups in total. The van der Waals surface area contributed by atoms with Gasteiger partial charge in [-0.2, -0.15) is 5.10 Å². The fourth-order valence-electron chi connectivity index (χ4n) is 2.30. The van der Waals surface area contributed by atoms with E-state index in [2.05, 4.69) is 10.3 Å². The minimum absolute atomic E-state index is 0.363. The van der Waals surface area contributed by atoms with Crippen LogP contribution in [-0.2, 0) is 0 Å². The molecule has 2 aromatic rings. The SMILES string of the molecule is Cc1ccc(N2N=C(c3ccccc3)/C(=N/O)C2N)cc1. The van der Waals surface area contributed by atoms with Gasteiger partial charge in [0, 0.05) is 5.56 Å². The predicted octanol–water partition coefficient (Wildman–Crippen LogP) is 2.33. The fraction of sp³-hybridized carbons (Fsp3) is 0.125.